The quantitative estimate of drug-likeness (QED) is 0.0124. The van der Waals surface area contributed by atoms with Gasteiger partial charge in [0, 0.05) is 70.4 Å². The van der Waals surface area contributed by atoms with Crippen LogP contribution in [-0.4, -0.2) is 78.3 Å². The number of aromatic carboxylic acids is 2. The molecule has 6 N–H and O–H groups in total. The molecule has 4 aliphatic rings. The fourth-order valence-corrected chi connectivity index (χ4v) is 11.2. The SMILES string of the molecule is CCN1C(=CC=CC=CC2=[N+](CCCCCC(=O)NCc3c(O)ccc4c(-c5ccc(C(=O)O)cc5C(=O)O)c5ccc(=O)cc-5oc34)c3c(cccc3S(=O)(=O)O)C2(C)C)C(C)(C)c2cc(S(=O)O)ccc21. The lowest BCUT2D eigenvalue weighted by Gasteiger charge is -2.25. The van der Waals surface area contributed by atoms with Gasteiger partial charge in [0.2, 0.25) is 11.6 Å². The minimum Gasteiger partial charge on any atom is -0.507 e. The third-order valence-electron chi connectivity index (χ3n) is 13.7. The fraction of sp³-hybridized carbons (Fsp3) is 0.255. The van der Waals surface area contributed by atoms with Gasteiger partial charge in [0.05, 0.1) is 33.5 Å². The van der Waals surface area contributed by atoms with Crippen LogP contribution in [0.4, 0.5) is 11.4 Å². The number of anilines is 1. The molecule has 3 aliphatic heterocycles. The Morgan fingerprint density at radius 2 is 1.60 bits per heavy atom. The summed E-state index contributed by atoms with van der Waals surface area (Å²) < 4.78 is 65.7. The number of carboxylic acid groups (broad SMARTS) is 2. The lowest BCUT2D eigenvalue weighted by molar-refractivity contribution is -0.441. The summed E-state index contributed by atoms with van der Waals surface area (Å²) in [4.78, 5) is 52.4. The van der Waals surface area contributed by atoms with Gasteiger partial charge in [0.25, 0.3) is 0 Å². The molecule has 73 heavy (non-hydrogen) atoms. The standard InChI is InChI=1S/C55H53N3O13S2/c1-6-57-42-25-21-34(72(66)67)30-41(42)55(4,5)46(57)16-9-7-10-17-47-54(2,3)40-14-13-15-45(73(68,69)70)50(40)58(47)27-12-8-11-18-48(61)56-31-39-43(60)26-24-37-49(36-23-20-33(59)29-44(36)71-51(37)39)35-22-19-32(52(62)63)28-38(35)53(64)65/h7,9-10,13-17,19-26,28-30H,6,8,11-12,18,27,31H2,1-5H3,(H5-,56,59,60,61,62,63,64,65,66,67,68,69,70)/p+1. The zero-order valence-corrected chi connectivity index (χ0v) is 42.3. The molecule has 1 atom stereocenters. The number of nitrogens with zero attached hydrogens (tertiary/aromatic N) is 2. The summed E-state index contributed by atoms with van der Waals surface area (Å²) in [6.07, 6.45) is 11.2. The molecule has 1 amide bonds. The van der Waals surface area contributed by atoms with E-state index in [0.717, 1.165) is 34.3 Å². The number of aromatic hydroxyl groups is 1. The summed E-state index contributed by atoms with van der Waals surface area (Å²) in [5.74, 6) is -3.23. The molecule has 3 heterocycles. The topological polar surface area (TPSA) is 252 Å². The number of carbonyl (C=O) groups is 3. The number of unbranched alkanes of at least 4 members (excludes halogenated alkanes) is 2. The van der Waals surface area contributed by atoms with Crippen molar-refractivity contribution in [3.8, 4) is 28.2 Å². The van der Waals surface area contributed by atoms with Gasteiger partial charge in [-0.15, -0.1) is 0 Å². The number of carboxylic acids is 2. The average Bonchev–Trinajstić information content (AvgIpc) is 3.69. The molecule has 0 aromatic heterocycles. The third kappa shape index (κ3) is 9.90. The first kappa shape index (κ1) is 51.8. The molecule has 16 nitrogen and oxygen atoms in total. The van der Waals surface area contributed by atoms with Crippen LogP contribution in [-0.2, 0) is 43.4 Å². The summed E-state index contributed by atoms with van der Waals surface area (Å²) in [5, 5.41) is 34.0. The molecule has 18 heteroatoms. The number of allylic oxidation sites excluding steroid dienone is 6. The molecule has 8 rings (SSSR count). The van der Waals surface area contributed by atoms with Crippen LogP contribution in [0.25, 0.3) is 33.4 Å². The van der Waals surface area contributed by atoms with Gasteiger partial charge in [-0.3, -0.25) is 14.1 Å². The van der Waals surface area contributed by atoms with E-state index in [4.69, 9.17) is 4.42 Å². The van der Waals surface area contributed by atoms with Gasteiger partial charge in [-0.05, 0) is 111 Å². The summed E-state index contributed by atoms with van der Waals surface area (Å²) in [5.41, 5.74) is 3.78. The minimum atomic E-state index is -4.63. The Kier molecular flexibility index (Phi) is 14.3. The first-order valence-corrected chi connectivity index (χ1v) is 26.0. The normalized spacial score (nSPS) is 16.0. The van der Waals surface area contributed by atoms with Crippen molar-refractivity contribution < 1.29 is 60.4 Å². The number of hydrogen-bond donors (Lipinski definition) is 6. The van der Waals surface area contributed by atoms with Crippen LogP contribution in [0.2, 0.25) is 0 Å². The Bertz CT molecular complexity index is 3570. The summed E-state index contributed by atoms with van der Waals surface area (Å²) in [6, 6.07) is 20.7. The fourth-order valence-electron chi connectivity index (χ4n) is 10.1. The van der Waals surface area contributed by atoms with Crippen molar-refractivity contribution in [3.05, 3.63) is 159 Å². The second-order valence-corrected chi connectivity index (χ2v) is 21.3. The van der Waals surface area contributed by atoms with Gasteiger partial charge in [0.15, 0.2) is 27.1 Å². The summed E-state index contributed by atoms with van der Waals surface area (Å²) in [6.45, 7) is 11.0. The Morgan fingerprint density at radius 1 is 0.849 bits per heavy atom. The van der Waals surface area contributed by atoms with Gasteiger partial charge in [-0.25, -0.2) is 13.8 Å². The van der Waals surface area contributed by atoms with Gasteiger partial charge in [0.1, 0.15) is 23.6 Å². The smallest absolute Gasteiger partial charge is 0.336 e. The van der Waals surface area contributed by atoms with Crippen molar-refractivity contribution >= 4 is 67.1 Å². The van der Waals surface area contributed by atoms with Crippen LogP contribution in [0.3, 0.4) is 0 Å². The summed E-state index contributed by atoms with van der Waals surface area (Å²) >= 11 is -2.12. The van der Waals surface area contributed by atoms with Crippen LogP contribution >= 0.6 is 0 Å². The third-order valence-corrected chi connectivity index (χ3v) is 15.3. The van der Waals surface area contributed by atoms with Crippen LogP contribution in [0.15, 0.2) is 140 Å². The molecule has 378 valence electrons. The molecule has 1 unspecified atom stereocenters. The molecule has 0 radical (unpaired) electrons. The molecular formula is C55H54N3O13S2+. The number of hydrogen-bond acceptors (Lipinski definition) is 10. The highest BCUT2D eigenvalue weighted by molar-refractivity contribution is 7.86. The van der Waals surface area contributed by atoms with Crippen molar-refractivity contribution in [3.63, 3.8) is 0 Å². The second kappa shape index (κ2) is 20.2. The van der Waals surface area contributed by atoms with Crippen LogP contribution < -0.4 is 15.6 Å². The average molecular weight is 1030 g/mol. The van der Waals surface area contributed by atoms with E-state index in [1.165, 1.54) is 48.5 Å². The van der Waals surface area contributed by atoms with Gasteiger partial charge in [-0.1, -0.05) is 50.3 Å². The first-order valence-electron chi connectivity index (χ1n) is 23.5. The number of para-hydroxylation sites is 1. The van der Waals surface area contributed by atoms with E-state index in [9.17, 15) is 56.2 Å². The van der Waals surface area contributed by atoms with Gasteiger partial charge >= 0.3 is 22.1 Å². The molecule has 0 fully saturated rings. The molecule has 4 aromatic carbocycles. The van der Waals surface area contributed by atoms with Gasteiger partial charge in [-0.2, -0.15) is 13.0 Å². The molecular weight excluding hydrogens is 975 g/mol. The Hall–Kier alpha value is -7.51. The Morgan fingerprint density at radius 3 is 2.30 bits per heavy atom. The summed E-state index contributed by atoms with van der Waals surface area (Å²) in [7, 11) is -4.63. The van der Waals surface area contributed by atoms with Crippen LogP contribution in [0.1, 0.15) is 97.7 Å². The number of nitrogens with one attached hydrogen (secondary N) is 1. The molecule has 1 aliphatic carbocycles. The van der Waals surface area contributed by atoms with Crippen LogP contribution in [0.5, 0.6) is 5.75 Å². The number of carbonyl (C=O) groups excluding carboxylic acids is 1. The lowest BCUT2D eigenvalue weighted by Crippen LogP contribution is -2.28. The Balaban J connectivity index is 1.000. The number of rotatable bonds is 17. The van der Waals surface area contributed by atoms with Crippen molar-refractivity contribution in [2.75, 3.05) is 18.0 Å². The van der Waals surface area contributed by atoms with E-state index in [0.29, 0.717) is 59.4 Å². The second-order valence-electron chi connectivity index (χ2n) is 18.9. The highest BCUT2D eigenvalue weighted by atomic mass is 32.2. The Labute approximate surface area is 423 Å². The molecule has 0 spiro atoms. The van der Waals surface area contributed by atoms with Gasteiger partial charge < -0.3 is 34.5 Å². The van der Waals surface area contributed by atoms with Crippen LogP contribution in [0, 0.1) is 0 Å². The largest absolute Gasteiger partial charge is 0.507 e. The van der Waals surface area contributed by atoms with E-state index >= 15 is 0 Å². The predicted octanol–water partition coefficient (Wildman–Crippen LogP) is 9.56. The van der Waals surface area contributed by atoms with Crippen molar-refractivity contribution in [1.29, 1.82) is 0 Å². The van der Waals surface area contributed by atoms with E-state index in [1.54, 1.807) is 18.2 Å². The van der Waals surface area contributed by atoms with Crippen molar-refractivity contribution in [2.24, 2.45) is 0 Å². The first-order chi connectivity index (χ1) is 34.6. The predicted molar refractivity (Wildman–Crippen MR) is 277 cm³/mol. The maximum absolute atomic E-state index is 13.4. The number of amides is 1. The minimum absolute atomic E-state index is 0.0732. The molecule has 0 saturated heterocycles. The number of phenolic OH excluding ortho intramolecular Hbond substituents is 1. The molecule has 4 aromatic rings. The highest BCUT2D eigenvalue weighted by Crippen LogP contribution is 2.49. The number of benzene rings is 5. The number of phenols is 1. The molecule has 0 saturated carbocycles. The zero-order valence-electron chi connectivity index (χ0n) is 40.6. The number of fused-ring (bicyclic) bond motifs is 4. The molecule has 0 bridgehead atoms. The maximum atomic E-state index is 13.4. The van der Waals surface area contributed by atoms with E-state index in [2.05, 4.69) is 24.1 Å². The zero-order chi connectivity index (χ0) is 52.7. The van der Waals surface area contributed by atoms with E-state index in [1.807, 2.05) is 67.9 Å². The van der Waals surface area contributed by atoms with Crippen molar-refractivity contribution in [1.82, 2.24) is 5.32 Å². The maximum Gasteiger partial charge on any atom is 0.336 e. The highest BCUT2D eigenvalue weighted by Gasteiger charge is 2.47. The van der Waals surface area contributed by atoms with Crippen molar-refractivity contribution in [2.45, 2.75) is 87.5 Å². The number of likely N-dealkylation sites (N-methyl/N-ethyl adjacent to an activating group) is 1. The monoisotopic (exact) mass is 1030 g/mol. The lowest BCUT2D eigenvalue weighted by atomic mass is 9.81. The van der Waals surface area contributed by atoms with E-state index in [-0.39, 0.29) is 63.1 Å². The van der Waals surface area contributed by atoms with E-state index < -0.39 is 49.4 Å².